The Morgan fingerprint density at radius 2 is 1.72 bits per heavy atom. The number of carbonyl (C=O) groups excluding carboxylic acids is 4. The summed E-state index contributed by atoms with van der Waals surface area (Å²) in [6.45, 7) is 3.75. The van der Waals surface area contributed by atoms with Crippen LogP contribution in [0.2, 0.25) is 5.02 Å². The van der Waals surface area contributed by atoms with Crippen molar-refractivity contribution in [2.45, 2.75) is 20.3 Å². The normalized spacial score (nSPS) is 17.1. The van der Waals surface area contributed by atoms with E-state index < -0.39 is 23.7 Å². The molecule has 3 aromatic rings. The topological polar surface area (TPSA) is 84.0 Å². The van der Waals surface area contributed by atoms with E-state index in [1.165, 1.54) is 6.07 Å². The molecule has 0 N–H and O–H groups in total. The van der Waals surface area contributed by atoms with E-state index in [0.717, 1.165) is 10.5 Å². The van der Waals surface area contributed by atoms with Gasteiger partial charge in [0.25, 0.3) is 11.8 Å². The quantitative estimate of drug-likeness (QED) is 0.237. The summed E-state index contributed by atoms with van der Waals surface area (Å²) in [6.07, 6.45) is 0.0342. The Kier molecular flexibility index (Phi) is 6.18. The predicted octanol–water partition coefficient (Wildman–Crippen LogP) is 5.48. The maximum Gasteiger partial charge on any atom is 0.316 e. The molecular formula is C27H20BrClN2O5. The summed E-state index contributed by atoms with van der Waals surface area (Å²) in [4.78, 5) is 54.0. The summed E-state index contributed by atoms with van der Waals surface area (Å²) in [7, 11) is 0. The number of fused-ring (bicyclic) bond motifs is 1. The van der Waals surface area contributed by atoms with Crippen LogP contribution in [-0.4, -0.2) is 30.2 Å². The predicted molar refractivity (Wildman–Crippen MR) is 139 cm³/mol. The number of hydrogen-bond donors (Lipinski definition) is 0. The van der Waals surface area contributed by atoms with Crippen LogP contribution >= 0.6 is 27.5 Å². The SMILES string of the molecule is Cc1cc(OC(=O)[C@H]2CC(=O)N(c3cccc(Cl)c3C)C2)ccc1N1C(=O)c2ccc(Br)cc2C1=O. The fraction of sp³-hybridized carbons (Fsp3) is 0.185. The number of amides is 3. The van der Waals surface area contributed by atoms with Crippen LogP contribution in [0.25, 0.3) is 0 Å². The molecule has 1 fully saturated rings. The third kappa shape index (κ3) is 4.10. The van der Waals surface area contributed by atoms with Gasteiger partial charge in [-0.05, 0) is 73.5 Å². The Morgan fingerprint density at radius 3 is 2.47 bits per heavy atom. The van der Waals surface area contributed by atoms with E-state index in [4.69, 9.17) is 16.3 Å². The highest BCUT2D eigenvalue weighted by Crippen LogP contribution is 2.35. The molecule has 1 saturated heterocycles. The smallest absolute Gasteiger partial charge is 0.316 e. The molecule has 0 unspecified atom stereocenters. The molecule has 36 heavy (non-hydrogen) atoms. The maximum atomic E-state index is 12.9. The standard InChI is InChI=1S/C27H20BrClN2O5/c1-14-10-18(7-9-22(14)31-25(33)19-8-6-17(28)12-20(19)26(31)34)36-27(35)16-11-24(32)30(13-16)23-5-3-4-21(29)15(23)2/h3-10,12,16H,11,13H2,1-2H3/t16-/m0/s1. The highest BCUT2D eigenvalue weighted by Gasteiger charge is 2.39. The van der Waals surface area contributed by atoms with Crippen LogP contribution in [0.15, 0.2) is 59.1 Å². The first-order valence-corrected chi connectivity index (χ1v) is 12.4. The summed E-state index contributed by atoms with van der Waals surface area (Å²) < 4.78 is 6.28. The van der Waals surface area contributed by atoms with E-state index in [0.29, 0.717) is 37.6 Å². The van der Waals surface area contributed by atoms with Gasteiger partial charge in [0.2, 0.25) is 5.91 Å². The zero-order valence-corrected chi connectivity index (χ0v) is 21.7. The number of hydrogen-bond acceptors (Lipinski definition) is 5. The Hall–Kier alpha value is -3.49. The van der Waals surface area contributed by atoms with Crippen LogP contribution in [0, 0.1) is 19.8 Å². The molecule has 182 valence electrons. The van der Waals surface area contributed by atoms with E-state index in [2.05, 4.69) is 15.9 Å². The number of anilines is 2. The van der Waals surface area contributed by atoms with Gasteiger partial charge in [-0.25, -0.2) is 4.90 Å². The maximum absolute atomic E-state index is 12.9. The lowest BCUT2D eigenvalue weighted by Gasteiger charge is -2.20. The van der Waals surface area contributed by atoms with Gasteiger partial charge in [-0.2, -0.15) is 0 Å². The lowest BCUT2D eigenvalue weighted by molar-refractivity contribution is -0.139. The highest BCUT2D eigenvalue weighted by molar-refractivity contribution is 9.10. The lowest BCUT2D eigenvalue weighted by Crippen LogP contribution is -2.30. The zero-order valence-electron chi connectivity index (χ0n) is 19.4. The Balaban J connectivity index is 1.32. The van der Waals surface area contributed by atoms with E-state index in [1.54, 1.807) is 60.4 Å². The van der Waals surface area contributed by atoms with Gasteiger partial charge in [0.1, 0.15) is 5.75 Å². The second-order valence-electron chi connectivity index (χ2n) is 8.79. The number of aryl methyl sites for hydroxylation is 1. The number of ether oxygens (including phenoxy) is 1. The molecule has 5 rings (SSSR count). The van der Waals surface area contributed by atoms with Crippen molar-refractivity contribution in [3.8, 4) is 5.75 Å². The zero-order chi connectivity index (χ0) is 25.7. The first-order chi connectivity index (χ1) is 17.2. The summed E-state index contributed by atoms with van der Waals surface area (Å²) in [5, 5.41) is 0.549. The molecule has 2 heterocycles. The fourth-order valence-electron chi connectivity index (χ4n) is 4.56. The molecule has 0 aliphatic carbocycles. The Bertz CT molecular complexity index is 1470. The third-order valence-corrected chi connectivity index (χ3v) is 7.37. The summed E-state index contributed by atoms with van der Waals surface area (Å²) in [6, 6.07) is 15.0. The molecule has 0 spiro atoms. The minimum absolute atomic E-state index is 0.0342. The number of nitrogens with zero attached hydrogens (tertiary/aromatic N) is 2. The average Bonchev–Trinajstić information content (AvgIpc) is 3.33. The molecule has 0 aromatic heterocycles. The van der Waals surface area contributed by atoms with Gasteiger partial charge in [-0.15, -0.1) is 0 Å². The molecular weight excluding hydrogens is 548 g/mol. The van der Waals surface area contributed by atoms with Gasteiger partial charge in [-0.1, -0.05) is 33.6 Å². The van der Waals surface area contributed by atoms with Crippen LogP contribution in [0.3, 0.4) is 0 Å². The van der Waals surface area contributed by atoms with E-state index in [9.17, 15) is 19.2 Å². The van der Waals surface area contributed by atoms with Crippen LogP contribution < -0.4 is 14.5 Å². The van der Waals surface area contributed by atoms with Crippen LogP contribution in [0.1, 0.15) is 38.3 Å². The molecule has 3 aromatic carbocycles. The Labute approximate surface area is 220 Å². The molecule has 2 aliphatic heterocycles. The van der Waals surface area contributed by atoms with Gasteiger partial charge >= 0.3 is 5.97 Å². The van der Waals surface area contributed by atoms with Gasteiger partial charge in [-0.3, -0.25) is 19.2 Å². The monoisotopic (exact) mass is 566 g/mol. The van der Waals surface area contributed by atoms with E-state index in [-0.39, 0.29) is 24.6 Å². The summed E-state index contributed by atoms with van der Waals surface area (Å²) >= 11 is 9.52. The number of benzene rings is 3. The van der Waals surface area contributed by atoms with Crippen molar-refractivity contribution in [2.24, 2.45) is 5.92 Å². The molecule has 9 heteroatoms. The number of halogens is 2. The van der Waals surface area contributed by atoms with Crippen molar-refractivity contribution in [1.82, 2.24) is 0 Å². The Morgan fingerprint density at radius 1 is 0.972 bits per heavy atom. The van der Waals surface area contributed by atoms with Crippen molar-refractivity contribution < 1.29 is 23.9 Å². The number of rotatable bonds is 4. The van der Waals surface area contributed by atoms with Gasteiger partial charge in [0.15, 0.2) is 0 Å². The van der Waals surface area contributed by atoms with Crippen LogP contribution in [0.4, 0.5) is 11.4 Å². The average molecular weight is 568 g/mol. The molecule has 1 atom stereocenters. The van der Waals surface area contributed by atoms with Gasteiger partial charge in [0, 0.05) is 28.1 Å². The number of carbonyl (C=O) groups is 4. The first-order valence-electron chi connectivity index (χ1n) is 11.2. The van der Waals surface area contributed by atoms with Crippen molar-refractivity contribution in [1.29, 1.82) is 0 Å². The number of imide groups is 1. The van der Waals surface area contributed by atoms with Gasteiger partial charge in [0.05, 0.1) is 22.7 Å². The van der Waals surface area contributed by atoms with Crippen molar-refractivity contribution in [3.05, 3.63) is 86.3 Å². The fourth-order valence-corrected chi connectivity index (χ4v) is 5.09. The largest absolute Gasteiger partial charge is 0.426 e. The second kappa shape index (κ2) is 9.19. The molecule has 0 saturated carbocycles. The van der Waals surface area contributed by atoms with E-state index in [1.807, 2.05) is 6.92 Å². The first kappa shape index (κ1) is 24.2. The summed E-state index contributed by atoms with van der Waals surface area (Å²) in [5.74, 6) is -1.88. The van der Waals surface area contributed by atoms with Crippen molar-refractivity contribution in [3.63, 3.8) is 0 Å². The second-order valence-corrected chi connectivity index (χ2v) is 10.1. The molecule has 2 aliphatic rings. The number of esters is 1. The summed E-state index contributed by atoms with van der Waals surface area (Å²) in [5.41, 5.74) is 3.12. The molecule has 7 nitrogen and oxygen atoms in total. The molecule has 3 amide bonds. The van der Waals surface area contributed by atoms with Crippen LogP contribution in [-0.2, 0) is 9.59 Å². The minimum atomic E-state index is -0.634. The highest BCUT2D eigenvalue weighted by atomic mass is 79.9. The minimum Gasteiger partial charge on any atom is -0.426 e. The molecule has 0 bridgehead atoms. The van der Waals surface area contributed by atoms with Crippen molar-refractivity contribution >= 4 is 62.6 Å². The van der Waals surface area contributed by atoms with Gasteiger partial charge < -0.3 is 9.64 Å². The third-order valence-electron chi connectivity index (χ3n) is 6.46. The van der Waals surface area contributed by atoms with Crippen molar-refractivity contribution in [2.75, 3.05) is 16.3 Å². The lowest BCUT2D eigenvalue weighted by atomic mass is 10.1. The molecule has 0 radical (unpaired) electrons. The van der Waals surface area contributed by atoms with E-state index >= 15 is 0 Å². The van der Waals surface area contributed by atoms with Crippen LogP contribution in [0.5, 0.6) is 5.75 Å².